The van der Waals surface area contributed by atoms with Crippen LogP contribution in [0.25, 0.3) is 0 Å². The highest BCUT2D eigenvalue weighted by Crippen LogP contribution is 2.26. The van der Waals surface area contributed by atoms with Gasteiger partial charge in [-0.2, -0.15) is 0 Å². The zero-order chi connectivity index (χ0) is 16.6. The van der Waals surface area contributed by atoms with E-state index in [2.05, 4.69) is 5.32 Å². The Morgan fingerprint density at radius 3 is 2.41 bits per heavy atom. The van der Waals surface area contributed by atoms with Crippen LogP contribution in [0.2, 0.25) is 0 Å². The van der Waals surface area contributed by atoms with Gasteiger partial charge in [-0.15, -0.1) is 0 Å². The molecule has 1 amide bonds. The van der Waals surface area contributed by atoms with Crippen molar-refractivity contribution in [3.05, 3.63) is 23.8 Å². The molecule has 124 valence electrons. The van der Waals surface area contributed by atoms with Gasteiger partial charge in [-0.25, -0.2) is 0 Å². The summed E-state index contributed by atoms with van der Waals surface area (Å²) >= 11 is 0. The Bertz CT molecular complexity index is 477. The smallest absolute Gasteiger partial charge is 0.227 e. The Labute approximate surface area is 133 Å². The van der Waals surface area contributed by atoms with Crippen molar-refractivity contribution in [2.24, 2.45) is 11.1 Å². The molecular weight excluding hydrogens is 280 g/mol. The summed E-state index contributed by atoms with van der Waals surface area (Å²) in [5.41, 5.74) is 6.35. The Morgan fingerprint density at radius 1 is 1.23 bits per heavy atom. The topological polar surface area (TPSA) is 73.6 Å². The number of nitrogens with two attached hydrogens (primary N) is 1. The van der Waals surface area contributed by atoms with Crippen molar-refractivity contribution < 1.29 is 14.3 Å². The molecule has 1 rings (SSSR count). The van der Waals surface area contributed by atoms with E-state index in [4.69, 9.17) is 15.2 Å². The number of methoxy groups -OCH3 is 2. The van der Waals surface area contributed by atoms with Gasteiger partial charge in [0.25, 0.3) is 0 Å². The molecule has 0 spiro atoms. The quantitative estimate of drug-likeness (QED) is 0.733. The van der Waals surface area contributed by atoms with E-state index < -0.39 is 5.41 Å². The van der Waals surface area contributed by atoms with Gasteiger partial charge >= 0.3 is 0 Å². The zero-order valence-electron chi connectivity index (χ0n) is 14.1. The van der Waals surface area contributed by atoms with Crippen LogP contribution in [-0.4, -0.2) is 33.2 Å². The number of hydrogen-bond acceptors (Lipinski definition) is 4. The Kier molecular flexibility index (Phi) is 7.18. The van der Waals surface area contributed by atoms with Crippen LogP contribution in [0.15, 0.2) is 18.2 Å². The third-order valence-corrected chi connectivity index (χ3v) is 4.39. The maximum absolute atomic E-state index is 12.4. The lowest BCUT2D eigenvalue weighted by Gasteiger charge is -2.28. The lowest BCUT2D eigenvalue weighted by atomic mass is 9.81. The predicted molar refractivity (Wildman–Crippen MR) is 88.3 cm³/mol. The van der Waals surface area contributed by atoms with E-state index in [1.54, 1.807) is 14.2 Å². The molecule has 5 nitrogen and oxygen atoms in total. The van der Waals surface area contributed by atoms with Gasteiger partial charge in [0.15, 0.2) is 0 Å². The molecule has 0 fully saturated rings. The zero-order valence-corrected chi connectivity index (χ0v) is 14.1. The Hall–Kier alpha value is -1.75. The molecule has 0 saturated carbocycles. The van der Waals surface area contributed by atoms with Crippen molar-refractivity contribution in [3.63, 3.8) is 0 Å². The number of benzene rings is 1. The molecule has 0 atom stereocenters. The molecule has 1 aromatic rings. The first-order chi connectivity index (χ1) is 10.6. The fourth-order valence-corrected chi connectivity index (χ4v) is 2.53. The molecule has 22 heavy (non-hydrogen) atoms. The van der Waals surface area contributed by atoms with Gasteiger partial charge in [0.2, 0.25) is 5.91 Å². The summed E-state index contributed by atoms with van der Waals surface area (Å²) in [6.07, 6.45) is 2.17. The van der Waals surface area contributed by atoms with Gasteiger partial charge in [0.05, 0.1) is 19.6 Å². The summed E-state index contributed by atoms with van der Waals surface area (Å²) < 4.78 is 10.6. The van der Waals surface area contributed by atoms with Crippen molar-refractivity contribution in [1.29, 1.82) is 0 Å². The molecule has 0 aromatic heterocycles. The summed E-state index contributed by atoms with van der Waals surface area (Å²) in [7, 11) is 3.27. The second-order valence-electron chi connectivity index (χ2n) is 5.38. The van der Waals surface area contributed by atoms with Crippen LogP contribution in [-0.2, 0) is 11.2 Å². The van der Waals surface area contributed by atoms with E-state index in [0.29, 0.717) is 19.5 Å². The lowest BCUT2D eigenvalue weighted by Crippen LogP contribution is -2.45. The first kappa shape index (κ1) is 18.3. The van der Waals surface area contributed by atoms with Crippen molar-refractivity contribution in [2.45, 2.75) is 33.1 Å². The standard InChI is InChI=1S/C17H28N2O3/c1-5-17(6-2,12-18)16(20)19-10-9-13-11-14(21-3)7-8-15(13)22-4/h7-8,11H,5-6,9-10,12,18H2,1-4H3,(H,19,20). The highest BCUT2D eigenvalue weighted by molar-refractivity contribution is 5.82. The first-order valence-electron chi connectivity index (χ1n) is 7.76. The van der Waals surface area contributed by atoms with Gasteiger partial charge in [0.1, 0.15) is 11.5 Å². The van der Waals surface area contributed by atoms with E-state index in [1.165, 1.54) is 0 Å². The normalized spacial score (nSPS) is 11.1. The van der Waals surface area contributed by atoms with Crippen LogP contribution < -0.4 is 20.5 Å². The van der Waals surface area contributed by atoms with Crippen LogP contribution in [0.4, 0.5) is 0 Å². The summed E-state index contributed by atoms with van der Waals surface area (Å²) in [4.78, 5) is 12.4. The summed E-state index contributed by atoms with van der Waals surface area (Å²) in [5, 5.41) is 3.00. The minimum absolute atomic E-state index is 0.0295. The maximum atomic E-state index is 12.4. The van der Waals surface area contributed by atoms with E-state index in [-0.39, 0.29) is 5.91 Å². The number of carbonyl (C=O) groups excluding carboxylic acids is 1. The maximum Gasteiger partial charge on any atom is 0.227 e. The van der Waals surface area contributed by atoms with E-state index >= 15 is 0 Å². The molecule has 0 bridgehead atoms. The van der Waals surface area contributed by atoms with Crippen molar-refractivity contribution >= 4 is 5.91 Å². The van der Waals surface area contributed by atoms with Crippen LogP contribution >= 0.6 is 0 Å². The van der Waals surface area contributed by atoms with E-state index in [0.717, 1.165) is 29.9 Å². The molecule has 3 N–H and O–H groups in total. The van der Waals surface area contributed by atoms with Crippen LogP contribution in [0.1, 0.15) is 32.3 Å². The molecule has 0 aliphatic heterocycles. The molecule has 0 saturated heterocycles. The van der Waals surface area contributed by atoms with Crippen molar-refractivity contribution in [1.82, 2.24) is 5.32 Å². The van der Waals surface area contributed by atoms with Gasteiger partial charge < -0.3 is 20.5 Å². The van der Waals surface area contributed by atoms with Crippen molar-refractivity contribution in [3.8, 4) is 11.5 Å². The molecule has 1 aromatic carbocycles. The molecular formula is C17H28N2O3. The number of amides is 1. The number of ether oxygens (including phenoxy) is 2. The summed E-state index contributed by atoms with van der Waals surface area (Å²) in [5.74, 6) is 1.61. The molecule has 0 heterocycles. The second kappa shape index (κ2) is 8.63. The Balaban J connectivity index is 2.69. The molecule has 0 radical (unpaired) electrons. The molecule has 0 aliphatic rings. The monoisotopic (exact) mass is 308 g/mol. The second-order valence-corrected chi connectivity index (χ2v) is 5.38. The largest absolute Gasteiger partial charge is 0.497 e. The Morgan fingerprint density at radius 2 is 1.91 bits per heavy atom. The van der Waals surface area contributed by atoms with Crippen molar-refractivity contribution in [2.75, 3.05) is 27.3 Å². The third kappa shape index (κ3) is 4.13. The van der Waals surface area contributed by atoms with Gasteiger partial charge in [-0.3, -0.25) is 4.79 Å². The average Bonchev–Trinajstić information content (AvgIpc) is 2.56. The molecule has 0 unspecified atom stereocenters. The molecule has 0 aliphatic carbocycles. The fraction of sp³-hybridized carbons (Fsp3) is 0.588. The minimum Gasteiger partial charge on any atom is -0.497 e. The minimum atomic E-state index is -0.460. The lowest BCUT2D eigenvalue weighted by molar-refractivity contribution is -0.131. The predicted octanol–water partition coefficient (Wildman–Crippen LogP) is 2.13. The van der Waals surface area contributed by atoms with E-state index in [9.17, 15) is 4.79 Å². The van der Waals surface area contributed by atoms with Gasteiger partial charge in [0, 0.05) is 13.1 Å². The number of rotatable bonds is 9. The van der Waals surface area contributed by atoms with Crippen LogP contribution in [0.3, 0.4) is 0 Å². The number of hydrogen-bond donors (Lipinski definition) is 2. The highest BCUT2D eigenvalue weighted by atomic mass is 16.5. The van der Waals surface area contributed by atoms with Gasteiger partial charge in [-0.05, 0) is 43.0 Å². The number of nitrogens with one attached hydrogen (secondary N) is 1. The number of carbonyl (C=O) groups is 1. The fourth-order valence-electron chi connectivity index (χ4n) is 2.53. The summed E-state index contributed by atoms with van der Waals surface area (Å²) in [6.45, 7) is 4.92. The average molecular weight is 308 g/mol. The molecule has 5 heteroatoms. The summed E-state index contributed by atoms with van der Waals surface area (Å²) in [6, 6.07) is 5.66. The third-order valence-electron chi connectivity index (χ3n) is 4.39. The van der Waals surface area contributed by atoms with Crippen LogP contribution in [0.5, 0.6) is 11.5 Å². The first-order valence-corrected chi connectivity index (χ1v) is 7.76. The van der Waals surface area contributed by atoms with E-state index in [1.807, 2.05) is 32.0 Å². The van der Waals surface area contributed by atoms with Crippen LogP contribution in [0, 0.1) is 5.41 Å². The van der Waals surface area contributed by atoms with Gasteiger partial charge in [-0.1, -0.05) is 13.8 Å². The highest BCUT2D eigenvalue weighted by Gasteiger charge is 2.32. The SMILES string of the molecule is CCC(CC)(CN)C(=O)NCCc1cc(OC)ccc1OC.